The van der Waals surface area contributed by atoms with Gasteiger partial charge in [0.1, 0.15) is 18.5 Å². The Labute approximate surface area is 125 Å². The van der Waals surface area contributed by atoms with Crippen molar-refractivity contribution < 1.29 is 9.47 Å². The standard InChI is InChI=1S/C17H22N2O2/c1-19-8-9-20-14(11-19)12-21-17-7-6-13-4-2-3-5-15(13)16(17)10-18/h2-7,14H,8-12,18H2,1H3. The van der Waals surface area contributed by atoms with Gasteiger partial charge in [-0.2, -0.15) is 0 Å². The molecule has 1 aliphatic rings. The van der Waals surface area contributed by atoms with Gasteiger partial charge in [-0.15, -0.1) is 0 Å². The fraction of sp³-hybridized carbons (Fsp3) is 0.412. The Hall–Kier alpha value is -1.62. The number of fused-ring (bicyclic) bond motifs is 1. The zero-order chi connectivity index (χ0) is 14.7. The summed E-state index contributed by atoms with van der Waals surface area (Å²) >= 11 is 0. The summed E-state index contributed by atoms with van der Waals surface area (Å²) in [6, 6.07) is 12.3. The highest BCUT2D eigenvalue weighted by atomic mass is 16.5. The number of likely N-dealkylation sites (N-methyl/N-ethyl adjacent to an activating group) is 1. The van der Waals surface area contributed by atoms with Crippen molar-refractivity contribution in [1.82, 2.24) is 4.90 Å². The Balaban J connectivity index is 1.77. The second-order valence-corrected chi connectivity index (χ2v) is 5.53. The summed E-state index contributed by atoms with van der Waals surface area (Å²) in [5.74, 6) is 0.869. The van der Waals surface area contributed by atoms with Crippen LogP contribution in [-0.2, 0) is 11.3 Å². The smallest absolute Gasteiger partial charge is 0.124 e. The lowest BCUT2D eigenvalue weighted by Gasteiger charge is -2.30. The lowest BCUT2D eigenvalue weighted by molar-refractivity contribution is -0.0404. The molecule has 1 fully saturated rings. The summed E-state index contributed by atoms with van der Waals surface area (Å²) < 4.78 is 11.7. The third-order valence-electron chi connectivity index (χ3n) is 3.97. The highest BCUT2D eigenvalue weighted by Crippen LogP contribution is 2.28. The van der Waals surface area contributed by atoms with E-state index in [-0.39, 0.29) is 6.10 Å². The highest BCUT2D eigenvalue weighted by molar-refractivity contribution is 5.87. The minimum atomic E-state index is 0.126. The van der Waals surface area contributed by atoms with Crippen LogP contribution in [0.25, 0.3) is 10.8 Å². The number of hydrogen-bond donors (Lipinski definition) is 1. The van der Waals surface area contributed by atoms with E-state index in [2.05, 4.69) is 30.1 Å². The normalized spacial score (nSPS) is 19.8. The monoisotopic (exact) mass is 286 g/mol. The maximum atomic E-state index is 5.99. The number of rotatable bonds is 4. The molecule has 0 spiro atoms. The van der Waals surface area contributed by atoms with E-state index < -0.39 is 0 Å². The summed E-state index contributed by atoms with van der Waals surface area (Å²) in [7, 11) is 2.11. The van der Waals surface area contributed by atoms with E-state index in [9.17, 15) is 0 Å². The van der Waals surface area contributed by atoms with Crippen molar-refractivity contribution in [2.75, 3.05) is 33.4 Å². The van der Waals surface area contributed by atoms with Crippen molar-refractivity contribution in [2.24, 2.45) is 5.73 Å². The fourth-order valence-corrected chi connectivity index (χ4v) is 2.81. The van der Waals surface area contributed by atoms with Gasteiger partial charge >= 0.3 is 0 Å². The number of morpholine rings is 1. The van der Waals surface area contributed by atoms with Crippen LogP contribution in [0.3, 0.4) is 0 Å². The number of nitrogens with two attached hydrogens (primary N) is 1. The molecule has 2 aromatic rings. The van der Waals surface area contributed by atoms with Crippen molar-refractivity contribution in [1.29, 1.82) is 0 Å². The van der Waals surface area contributed by atoms with E-state index in [0.717, 1.165) is 31.0 Å². The zero-order valence-corrected chi connectivity index (χ0v) is 12.4. The molecule has 4 nitrogen and oxygen atoms in total. The molecule has 2 N–H and O–H groups in total. The van der Waals surface area contributed by atoms with Gasteiger partial charge in [0.05, 0.1) is 6.61 Å². The maximum Gasteiger partial charge on any atom is 0.124 e. The van der Waals surface area contributed by atoms with Gasteiger partial charge in [-0.25, -0.2) is 0 Å². The van der Waals surface area contributed by atoms with Crippen molar-refractivity contribution in [3.05, 3.63) is 42.0 Å². The summed E-state index contributed by atoms with van der Waals surface area (Å²) in [6.07, 6.45) is 0.126. The molecule has 0 bridgehead atoms. The van der Waals surface area contributed by atoms with Gasteiger partial charge in [-0.3, -0.25) is 0 Å². The van der Waals surface area contributed by atoms with Gasteiger partial charge < -0.3 is 20.1 Å². The summed E-state index contributed by atoms with van der Waals surface area (Å²) in [5.41, 5.74) is 6.99. The van der Waals surface area contributed by atoms with Crippen LogP contribution in [0.1, 0.15) is 5.56 Å². The van der Waals surface area contributed by atoms with Crippen molar-refractivity contribution >= 4 is 10.8 Å². The van der Waals surface area contributed by atoms with Crippen molar-refractivity contribution in [3.63, 3.8) is 0 Å². The third kappa shape index (κ3) is 3.18. The Morgan fingerprint density at radius 1 is 1.29 bits per heavy atom. The quantitative estimate of drug-likeness (QED) is 0.934. The van der Waals surface area contributed by atoms with E-state index in [1.54, 1.807) is 0 Å². The van der Waals surface area contributed by atoms with E-state index in [4.69, 9.17) is 15.2 Å². The van der Waals surface area contributed by atoms with Crippen molar-refractivity contribution in [3.8, 4) is 5.75 Å². The highest BCUT2D eigenvalue weighted by Gasteiger charge is 2.19. The molecule has 0 saturated carbocycles. The molecule has 0 amide bonds. The molecule has 4 heteroatoms. The zero-order valence-electron chi connectivity index (χ0n) is 12.4. The molecule has 1 saturated heterocycles. The molecule has 0 aliphatic carbocycles. The summed E-state index contributed by atoms with van der Waals surface area (Å²) in [6.45, 7) is 3.70. The van der Waals surface area contributed by atoms with Crippen LogP contribution in [0.4, 0.5) is 0 Å². The Morgan fingerprint density at radius 3 is 2.95 bits per heavy atom. The van der Waals surface area contributed by atoms with Crippen LogP contribution in [0.2, 0.25) is 0 Å². The Bertz CT molecular complexity index is 615. The predicted octanol–water partition coefficient (Wildman–Crippen LogP) is 2.01. The molecule has 112 valence electrons. The van der Waals surface area contributed by atoms with Gasteiger partial charge in [0, 0.05) is 25.2 Å². The number of nitrogens with zero attached hydrogens (tertiary/aromatic N) is 1. The minimum Gasteiger partial charge on any atom is -0.490 e. The van der Waals surface area contributed by atoms with Crippen LogP contribution < -0.4 is 10.5 Å². The van der Waals surface area contributed by atoms with E-state index >= 15 is 0 Å². The molecule has 3 rings (SSSR count). The Morgan fingerprint density at radius 2 is 2.14 bits per heavy atom. The first-order chi connectivity index (χ1) is 10.3. The largest absolute Gasteiger partial charge is 0.490 e. The molecular weight excluding hydrogens is 264 g/mol. The van der Waals surface area contributed by atoms with Gasteiger partial charge in [-0.1, -0.05) is 30.3 Å². The first kappa shape index (κ1) is 14.3. The predicted molar refractivity (Wildman–Crippen MR) is 84.6 cm³/mol. The Kier molecular flexibility index (Phi) is 4.39. The lowest BCUT2D eigenvalue weighted by Crippen LogP contribution is -2.42. The summed E-state index contributed by atoms with van der Waals surface area (Å²) in [4.78, 5) is 2.27. The second-order valence-electron chi connectivity index (χ2n) is 5.53. The molecule has 21 heavy (non-hydrogen) atoms. The molecule has 2 aromatic carbocycles. The average Bonchev–Trinajstić information content (AvgIpc) is 2.52. The maximum absolute atomic E-state index is 5.99. The van der Waals surface area contributed by atoms with Crippen LogP contribution in [0, 0.1) is 0 Å². The first-order valence-corrected chi connectivity index (χ1v) is 7.41. The molecule has 0 aromatic heterocycles. The topological polar surface area (TPSA) is 47.7 Å². The van der Waals surface area contributed by atoms with E-state index in [0.29, 0.717) is 13.2 Å². The van der Waals surface area contributed by atoms with Gasteiger partial charge in [0.2, 0.25) is 0 Å². The van der Waals surface area contributed by atoms with Crippen molar-refractivity contribution in [2.45, 2.75) is 12.6 Å². The van der Waals surface area contributed by atoms with E-state index in [1.165, 1.54) is 10.8 Å². The molecule has 1 heterocycles. The molecule has 1 atom stereocenters. The van der Waals surface area contributed by atoms with E-state index in [1.807, 2.05) is 18.2 Å². The fourth-order valence-electron chi connectivity index (χ4n) is 2.81. The van der Waals surface area contributed by atoms with Crippen LogP contribution >= 0.6 is 0 Å². The molecule has 1 unspecified atom stereocenters. The first-order valence-electron chi connectivity index (χ1n) is 7.41. The van der Waals surface area contributed by atoms with Gasteiger partial charge in [0.25, 0.3) is 0 Å². The third-order valence-corrected chi connectivity index (χ3v) is 3.97. The second kappa shape index (κ2) is 6.43. The SMILES string of the molecule is CN1CCOC(COc2ccc3ccccc3c2CN)C1. The average molecular weight is 286 g/mol. The van der Waals surface area contributed by atoms with Gasteiger partial charge in [0.15, 0.2) is 0 Å². The molecule has 1 aliphatic heterocycles. The lowest BCUT2D eigenvalue weighted by atomic mass is 10.0. The molecule has 0 radical (unpaired) electrons. The van der Waals surface area contributed by atoms with Crippen LogP contribution in [0.5, 0.6) is 5.75 Å². The number of hydrogen-bond acceptors (Lipinski definition) is 4. The summed E-state index contributed by atoms with van der Waals surface area (Å²) in [5, 5.41) is 2.36. The molecular formula is C17H22N2O2. The number of benzene rings is 2. The van der Waals surface area contributed by atoms with Crippen LogP contribution in [-0.4, -0.2) is 44.4 Å². The minimum absolute atomic E-state index is 0.126. The number of ether oxygens (including phenoxy) is 2. The van der Waals surface area contributed by atoms with Crippen LogP contribution in [0.15, 0.2) is 36.4 Å². The van der Waals surface area contributed by atoms with Gasteiger partial charge in [-0.05, 0) is 23.9 Å².